The number of hydrogen-bond acceptors (Lipinski definition) is 2. The minimum absolute atomic E-state index is 0.411. The van der Waals surface area contributed by atoms with Crippen molar-refractivity contribution in [2.45, 2.75) is 5.41 Å². The third kappa shape index (κ3) is 3.96. The van der Waals surface area contributed by atoms with E-state index in [1.165, 1.54) is 44.5 Å². The fraction of sp³-hybridized carbons (Fsp3) is 0.0233. The van der Waals surface area contributed by atoms with Gasteiger partial charge in [-0.05, 0) is 87.0 Å². The molecule has 0 saturated heterocycles. The lowest BCUT2D eigenvalue weighted by atomic mass is 9.67. The zero-order chi connectivity index (χ0) is 29.8. The molecule has 0 fully saturated rings. The molecule has 0 radical (unpaired) electrons. The molecule has 1 aromatic heterocycles. The predicted octanol–water partition coefficient (Wildman–Crippen LogP) is 11.4. The second-order valence-electron chi connectivity index (χ2n) is 11.8. The number of anilines is 2. The van der Waals surface area contributed by atoms with Crippen LogP contribution >= 0.6 is 0 Å². The number of rotatable bonds is 5. The molecule has 212 valence electrons. The summed E-state index contributed by atoms with van der Waals surface area (Å²) in [6.45, 7) is 0. The molecule has 7 aromatic carbocycles. The Labute approximate surface area is 262 Å². The van der Waals surface area contributed by atoms with E-state index in [-0.39, 0.29) is 0 Å². The molecule has 0 spiro atoms. The summed E-state index contributed by atoms with van der Waals surface area (Å²) in [5.74, 6) is 0. The average Bonchev–Trinajstić information content (AvgIpc) is 3.63. The largest absolute Gasteiger partial charge is 0.456 e. The number of furan rings is 1. The van der Waals surface area contributed by atoms with Crippen LogP contribution in [0.3, 0.4) is 0 Å². The van der Waals surface area contributed by atoms with Crippen LogP contribution in [0.2, 0.25) is 0 Å². The van der Waals surface area contributed by atoms with Crippen molar-refractivity contribution < 1.29 is 4.42 Å². The maximum absolute atomic E-state index is 6.04. The van der Waals surface area contributed by atoms with E-state index in [9.17, 15) is 0 Å². The highest BCUT2D eigenvalue weighted by molar-refractivity contribution is 6.06. The highest BCUT2D eigenvalue weighted by Gasteiger charge is 2.46. The number of benzene rings is 7. The van der Waals surface area contributed by atoms with Gasteiger partial charge in [0, 0.05) is 22.1 Å². The van der Waals surface area contributed by atoms with E-state index in [4.69, 9.17) is 4.42 Å². The molecular formula is C43H29NO. The zero-order valence-corrected chi connectivity index (χ0v) is 24.6. The van der Waals surface area contributed by atoms with Crippen molar-refractivity contribution >= 4 is 33.3 Å². The van der Waals surface area contributed by atoms with Crippen molar-refractivity contribution in [3.63, 3.8) is 0 Å². The maximum atomic E-state index is 6.04. The van der Waals surface area contributed by atoms with Crippen LogP contribution in [-0.2, 0) is 5.41 Å². The van der Waals surface area contributed by atoms with Crippen LogP contribution in [0.4, 0.5) is 11.4 Å². The van der Waals surface area contributed by atoms with Gasteiger partial charge in [0.15, 0.2) is 0 Å². The molecule has 8 aromatic rings. The van der Waals surface area contributed by atoms with Gasteiger partial charge in [-0.3, -0.25) is 0 Å². The molecule has 2 heteroatoms. The van der Waals surface area contributed by atoms with Crippen molar-refractivity contribution in [2.24, 2.45) is 0 Å². The summed E-state index contributed by atoms with van der Waals surface area (Å²) in [6.07, 6.45) is 0. The summed E-state index contributed by atoms with van der Waals surface area (Å²) >= 11 is 0. The summed E-state index contributed by atoms with van der Waals surface area (Å²) in [7, 11) is 0. The Bertz CT molecular complexity index is 2290. The van der Waals surface area contributed by atoms with E-state index in [2.05, 4.69) is 163 Å². The van der Waals surface area contributed by atoms with E-state index < -0.39 is 5.41 Å². The number of hydrogen-bond donors (Lipinski definition) is 1. The molecule has 1 aliphatic carbocycles. The lowest BCUT2D eigenvalue weighted by Gasteiger charge is -2.34. The molecule has 0 unspecified atom stereocenters. The first-order valence-electron chi connectivity index (χ1n) is 15.4. The van der Waals surface area contributed by atoms with Gasteiger partial charge in [-0.2, -0.15) is 0 Å². The molecule has 9 rings (SSSR count). The highest BCUT2D eigenvalue weighted by atomic mass is 16.3. The minimum Gasteiger partial charge on any atom is -0.456 e. The summed E-state index contributed by atoms with van der Waals surface area (Å²) in [5.41, 5.74) is 13.6. The van der Waals surface area contributed by atoms with Gasteiger partial charge in [0.25, 0.3) is 0 Å². The third-order valence-electron chi connectivity index (χ3n) is 9.34. The Balaban J connectivity index is 1.11. The monoisotopic (exact) mass is 575 g/mol. The Morgan fingerprint density at radius 2 is 1.00 bits per heavy atom. The number of fused-ring (bicyclic) bond motifs is 6. The van der Waals surface area contributed by atoms with Crippen LogP contribution < -0.4 is 5.32 Å². The van der Waals surface area contributed by atoms with E-state index >= 15 is 0 Å². The van der Waals surface area contributed by atoms with Gasteiger partial charge < -0.3 is 9.73 Å². The highest BCUT2D eigenvalue weighted by Crippen LogP contribution is 2.56. The summed E-state index contributed by atoms with van der Waals surface area (Å²) in [4.78, 5) is 0. The molecule has 1 heterocycles. The third-order valence-corrected chi connectivity index (χ3v) is 9.34. The molecular weight excluding hydrogens is 546 g/mol. The van der Waals surface area contributed by atoms with Crippen molar-refractivity contribution in [1.29, 1.82) is 0 Å². The second-order valence-corrected chi connectivity index (χ2v) is 11.8. The summed E-state index contributed by atoms with van der Waals surface area (Å²) in [6, 6.07) is 60.9. The van der Waals surface area contributed by atoms with Gasteiger partial charge in [-0.25, -0.2) is 0 Å². The van der Waals surface area contributed by atoms with E-state index in [0.717, 1.165) is 33.3 Å². The predicted molar refractivity (Wildman–Crippen MR) is 186 cm³/mol. The first-order chi connectivity index (χ1) is 22.3. The molecule has 0 bridgehead atoms. The molecule has 0 saturated carbocycles. The lowest BCUT2D eigenvalue weighted by molar-refractivity contribution is 0.669. The van der Waals surface area contributed by atoms with Crippen LogP contribution in [0.25, 0.3) is 44.2 Å². The fourth-order valence-corrected chi connectivity index (χ4v) is 7.34. The van der Waals surface area contributed by atoms with Crippen molar-refractivity contribution in [3.8, 4) is 22.3 Å². The maximum Gasteiger partial charge on any atom is 0.135 e. The van der Waals surface area contributed by atoms with Crippen molar-refractivity contribution in [1.82, 2.24) is 0 Å². The fourth-order valence-electron chi connectivity index (χ4n) is 7.34. The molecule has 45 heavy (non-hydrogen) atoms. The van der Waals surface area contributed by atoms with E-state index in [0.29, 0.717) is 0 Å². The normalized spacial score (nSPS) is 13.1. The minimum atomic E-state index is -0.411. The smallest absolute Gasteiger partial charge is 0.135 e. The average molecular weight is 576 g/mol. The first-order valence-corrected chi connectivity index (χ1v) is 15.4. The standard InChI is InChI=1S/C43H29NO/c1-3-11-31(12-4-1)43(32-13-5-2-6-14-32)39-17-9-7-15-35(39)36-25-24-34(28-40(36)43)44-33-22-19-29(20-23-33)30-21-26-42-38(27-30)37-16-8-10-18-41(37)45-42/h1-28,44H. The van der Waals surface area contributed by atoms with Gasteiger partial charge in [-0.15, -0.1) is 0 Å². The van der Waals surface area contributed by atoms with Gasteiger partial charge >= 0.3 is 0 Å². The van der Waals surface area contributed by atoms with Crippen molar-refractivity contribution in [2.75, 3.05) is 5.32 Å². The van der Waals surface area contributed by atoms with Crippen LogP contribution in [0, 0.1) is 0 Å². The van der Waals surface area contributed by atoms with Gasteiger partial charge in [0.05, 0.1) is 5.41 Å². The van der Waals surface area contributed by atoms with Gasteiger partial charge in [0.1, 0.15) is 11.2 Å². The summed E-state index contributed by atoms with van der Waals surface area (Å²) < 4.78 is 6.04. The Morgan fingerprint density at radius 1 is 0.400 bits per heavy atom. The van der Waals surface area contributed by atoms with Crippen LogP contribution in [-0.4, -0.2) is 0 Å². The summed E-state index contributed by atoms with van der Waals surface area (Å²) in [5, 5.41) is 6.00. The van der Waals surface area contributed by atoms with Gasteiger partial charge in [-0.1, -0.05) is 127 Å². The zero-order valence-electron chi connectivity index (χ0n) is 24.6. The lowest BCUT2D eigenvalue weighted by Crippen LogP contribution is -2.28. The Hall–Kier alpha value is -5.86. The van der Waals surface area contributed by atoms with E-state index in [1.54, 1.807) is 0 Å². The molecule has 0 amide bonds. The van der Waals surface area contributed by atoms with E-state index in [1.807, 2.05) is 12.1 Å². The topological polar surface area (TPSA) is 25.2 Å². The Morgan fingerprint density at radius 3 is 1.78 bits per heavy atom. The van der Waals surface area contributed by atoms with Crippen LogP contribution in [0.1, 0.15) is 22.3 Å². The second kappa shape index (κ2) is 10.1. The van der Waals surface area contributed by atoms with Crippen molar-refractivity contribution in [3.05, 3.63) is 192 Å². The molecule has 0 aliphatic heterocycles. The SMILES string of the molecule is c1ccc(C2(c3ccccc3)c3ccccc3-c3ccc(Nc4ccc(-c5ccc6oc7ccccc7c6c5)cc4)cc32)cc1. The van der Waals surface area contributed by atoms with Crippen LogP contribution in [0.15, 0.2) is 174 Å². The molecule has 2 nitrogen and oxygen atoms in total. The first kappa shape index (κ1) is 25.6. The molecule has 1 aliphatic rings. The number of para-hydroxylation sites is 1. The van der Waals surface area contributed by atoms with Crippen LogP contribution in [0.5, 0.6) is 0 Å². The molecule has 1 N–H and O–H groups in total. The quantitative estimate of drug-likeness (QED) is 0.221. The Kier molecular flexibility index (Phi) is 5.76. The number of nitrogens with one attached hydrogen (secondary N) is 1. The molecule has 0 atom stereocenters. The van der Waals surface area contributed by atoms with Gasteiger partial charge in [0.2, 0.25) is 0 Å².